The zero-order chi connectivity index (χ0) is 20.7. The number of nitrogens with zero attached hydrogens (tertiary/aromatic N) is 3. The lowest BCUT2D eigenvalue weighted by Crippen LogP contribution is -2.45. The number of nitrogens with one attached hydrogen (secondary N) is 3. The SMILES string of the molecule is CCNC(=NCCNS(=O)(=O)c1cccs1)NC1CCN(c2ncccc2F)C1.I. The van der Waals surface area contributed by atoms with Crippen LogP contribution in [0, 0.1) is 5.82 Å². The molecule has 2 aromatic rings. The zero-order valence-corrected chi connectivity index (χ0v) is 20.5. The summed E-state index contributed by atoms with van der Waals surface area (Å²) in [5, 5.41) is 8.21. The van der Waals surface area contributed by atoms with Crippen molar-refractivity contribution in [3.05, 3.63) is 41.7 Å². The maximum Gasteiger partial charge on any atom is 0.250 e. The first-order valence-corrected chi connectivity index (χ1v) is 11.8. The Labute approximate surface area is 197 Å². The fraction of sp³-hybridized carbons (Fsp3) is 0.444. The summed E-state index contributed by atoms with van der Waals surface area (Å²) in [5.41, 5.74) is 0. The van der Waals surface area contributed by atoms with Gasteiger partial charge in [-0.15, -0.1) is 35.3 Å². The van der Waals surface area contributed by atoms with Gasteiger partial charge in [0.15, 0.2) is 17.6 Å². The summed E-state index contributed by atoms with van der Waals surface area (Å²) < 4.78 is 41.0. The topological polar surface area (TPSA) is 98.7 Å². The molecule has 2 aromatic heterocycles. The van der Waals surface area contributed by atoms with Crippen LogP contribution in [0.15, 0.2) is 45.0 Å². The van der Waals surface area contributed by atoms with Gasteiger partial charge in [-0.1, -0.05) is 6.07 Å². The van der Waals surface area contributed by atoms with Gasteiger partial charge in [-0.25, -0.2) is 22.5 Å². The second-order valence-corrected chi connectivity index (χ2v) is 9.42. The number of hydrogen-bond acceptors (Lipinski definition) is 6. The van der Waals surface area contributed by atoms with Crippen LogP contribution in [0.4, 0.5) is 10.2 Å². The predicted molar refractivity (Wildman–Crippen MR) is 129 cm³/mol. The molecular formula is C18H26FIN6O2S2. The Morgan fingerprint density at radius 1 is 1.40 bits per heavy atom. The van der Waals surface area contributed by atoms with Gasteiger partial charge >= 0.3 is 0 Å². The lowest BCUT2D eigenvalue weighted by Gasteiger charge is -2.20. The van der Waals surface area contributed by atoms with Crippen LogP contribution >= 0.6 is 35.3 Å². The molecule has 0 spiro atoms. The van der Waals surface area contributed by atoms with E-state index < -0.39 is 10.0 Å². The first-order chi connectivity index (χ1) is 14.0. The first-order valence-electron chi connectivity index (χ1n) is 9.43. The third-order valence-electron chi connectivity index (χ3n) is 4.35. The fourth-order valence-electron chi connectivity index (χ4n) is 3.03. The Bertz CT molecular complexity index is 927. The second-order valence-electron chi connectivity index (χ2n) is 6.48. The molecule has 166 valence electrons. The third kappa shape index (κ3) is 6.75. The van der Waals surface area contributed by atoms with Gasteiger partial charge < -0.3 is 15.5 Å². The molecule has 12 heteroatoms. The molecule has 1 aliphatic rings. The van der Waals surface area contributed by atoms with Crippen LogP contribution in [-0.4, -0.2) is 58.1 Å². The molecule has 1 fully saturated rings. The van der Waals surface area contributed by atoms with Gasteiger partial charge in [0.1, 0.15) is 4.21 Å². The van der Waals surface area contributed by atoms with Crippen LogP contribution in [0.3, 0.4) is 0 Å². The van der Waals surface area contributed by atoms with Crippen LogP contribution in [0.25, 0.3) is 0 Å². The number of pyridine rings is 1. The molecule has 1 aliphatic heterocycles. The Morgan fingerprint density at radius 2 is 2.23 bits per heavy atom. The van der Waals surface area contributed by atoms with Gasteiger partial charge in [0.25, 0.3) is 0 Å². The van der Waals surface area contributed by atoms with Gasteiger partial charge in [-0.05, 0) is 36.9 Å². The van der Waals surface area contributed by atoms with Gasteiger partial charge in [0, 0.05) is 38.4 Å². The Balaban J connectivity index is 0.00000320. The second kappa shape index (κ2) is 11.8. The molecule has 8 nitrogen and oxygen atoms in total. The summed E-state index contributed by atoms with van der Waals surface area (Å²) in [5.74, 6) is 0.643. The highest BCUT2D eigenvalue weighted by atomic mass is 127. The van der Waals surface area contributed by atoms with E-state index in [1.165, 1.54) is 17.4 Å². The molecule has 0 bridgehead atoms. The highest BCUT2D eigenvalue weighted by Gasteiger charge is 2.26. The van der Waals surface area contributed by atoms with Crippen molar-refractivity contribution in [2.24, 2.45) is 4.99 Å². The van der Waals surface area contributed by atoms with E-state index in [0.29, 0.717) is 42.2 Å². The van der Waals surface area contributed by atoms with Crippen molar-refractivity contribution < 1.29 is 12.8 Å². The first kappa shape index (κ1) is 24.8. The van der Waals surface area contributed by atoms with E-state index in [9.17, 15) is 12.8 Å². The van der Waals surface area contributed by atoms with Gasteiger partial charge in [-0.3, -0.25) is 4.99 Å². The van der Waals surface area contributed by atoms with Crippen molar-refractivity contribution in [1.82, 2.24) is 20.3 Å². The molecule has 3 N–H and O–H groups in total. The minimum Gasteiger partial charge on any atom is -0.357 e. The molecular weight excluding hydrogens is 542 g/mol. The van der Waals surface area contributed by atoms with Crippen LogP contribution < -0.4 is 20.3 Å². The van der Waals surface area contributed by atoms with Crippen molar-refractivity contribution >= 4 is 57.1 Å². The Hall–Kier alpha value is -1.51. The predicted octanol–water partition coefficient (Wildman–Crippen LogP) is 2.01. The van der Waals surface area contributed by atoms with E-state index in [2.05, 4.69) is 25.3 Å². The molecule has 30 heavy (non-hydrogen) atoms. The van der Waals surface area contributed by atoms with Gasteiger partial charge in [0.2, 0.25) is 10.0 Å². The van der Waals surface area contributed by atoms with E-state index in [0.717, 1.165) is 6.42 Å². The largest absolute Gasteiger partial charge is 0.357 e. The normalized spacial score (nSPS) is 16.9. The standard InChI is InChI=1S/C18H25FN6O2S2.HI/c1-2-20-18(22-9-10-23-29(26,27)16-6-4-12-28-16)24-14-7-11-25(13-14)17-15(19)5-3-8-21-17;/h3-6,8,12,14,23H,2,7,9-11,13H2,1H3,(H2,20,22,24);1H. The number of rotatable bonds is 8. The minimum atomic E-state index is -3.48. The van der Waals surface area contributed by atoms with E-state index in [1.807, 2.05) is 11.8 Å². The molecule has 0 amide bonds. The number of guanidine groups is 1. The summed E-state index contributed by atoms with van der Waals surface area (Å²) in [6.07, 6.45) is 2.41. The summed E-state index contributed by atoms with van der Waals surface area (Å²) in [6, 6.07) is 6.35. The number of aromatic nitrogens is 1. The molecule has 1 saturated heterocycles. The van der Waals surface area contributed by atoms with E-state index in [1.54, 1.807) is 29.8 Å². The molecule has 3 heterocycles. The van der Waals surface area contributed by atoms with E-state index in [-0.39, 0.29) is 42.4 Å². The molecule has 3 rings (SSSR count). The van der Waals surface area contributed by atoms with E-state index in [4.69, 9.17) is 0 Å². The van der Waals surface area contributed by atoms with Crippen molar-refractivity contribution in [2.75, 3.05) is 37.6 Å². The van der Waals surface area contributed by atoms with Gasteiger partial charge in [0.05, 0.1) is 6.54 Å². The molecule has 0 aromatic carbocycles. The number of sulfonamides is 1. The Morgan fingerprint density at radius 3 is 2.93 bits per heavy atom. The van der Waals surface area contributed by atoms with Gasteiger partial charge in [-0.2, -0.15) is 0 Å². The fourth-order valence-corrected chi connectivity index (χ4v) is 5.09. The van der Waals surface area contributed by atoms with Crippen molar-refractivity contribution in [2.45, 2.75) is 23.6 Å². The number of thiophene rings is 1. The lowest BCUT2D eigenvalue weighted by atomic mass is 10.3. The molecule has 1 atom stereocenters. The molecule has 0 aliphatic carbocycles. The summed E-state index contributed by atoms with van der Waals surface area (Å²) in [7, 11) is -3.48. The quantitative estimate of drug-likeness (QED) is 0.195. The zero-order valence-electron chi connectivity index (χ0n) is 16.5. The summed E-state index contributed by atoms with van der Waals surface area (Å²) in [6.45, 7) is 4.45. The van der Waals surface area contributed by atoms with Crippen molar-refractivity contribution in [3.8, 4) is 0 Å². The van der Waals surface area contributed by atoms with Crippen LogP contribution in [0.5, 0.6) is 0 Å². The number of aliphatic imine (C=N–C) groups is 1. The Kier molecular flexibility index (Phi) is 9.71. The average molecular weight is 568 g/mol. The number of anilines is 1. The highest BCUT2D eigenvalue weighted by molar-refractivity contribution is 14.0. The highest BCUT2D eigenvalue weighted by Crippen LogP contribution is 2.20. The summed E-state index contributed by atoms with van der Waals surface area (Å²) >= 11 is 1.18. The molecule has 0 radical (unpaired) electrons. The number of hydrogen-bond donors (Lipinski definition) is 3. The van der Waals surface area contributed by atoms with E-state index >= 15 is 0 Å². The maximum absolute atomic E-state index is 13.9. The van der Waals surface area contributed by atoms with Crippen LogP contribution in [0.2, 0.25) is 0 Å². The maximum atomic E-state index is 13.9. The number of halogens is 2. The summed E-state index contributed by atoms with van der Waals surface area (Å²) in [4.78, 5) is 10.5. The monoisotopic (exact) mass is 568 g/mol. The molecule has 0 saturated carbocycles. The smallest absolute Gasteiger partial charge is 0.250 e. The molecule has 1 unspecified atom stereocenters. The van der Waals surface area contributed by atoms with Crippen LogP contribution in [-0.2, 0) is 10.0 Å². The minimum absolute atomic E-state index is 0. The van der Waals surface area contributed by atoms with Crippen molar-refractivity contribution in [1.29, 1.82) is 0 Å². The van der Waals surface area contributed by atoms with Crippen molar-refractivity contribution in [3.63, 3.8) is 0 Å². The average Bonchev–Trinajstić information content (AvgIpc) is 3.38. The van der Waals surface area contributed by atoms with Crippen LogP contribution in [0.1, 0.15) is 13.3 Å². The third-order valence-corrected chi connectivity index (χ3v) is 7.20. The lowest BCUT2D eigenvalue weighted by molar-refractivity contribution is 0.584.